The van der Waals surface area contributed by atoms with Gasteiger partial charge in [-0.15, -0.1) is 0 Å². The Balaban J connectivity index is 1.53. The molecule has 25 heavy (non-hydrogen) atoms. The molecular formula is C18H17BrN4O2. The predicted molar refractivity (Wildman–Crippen MR) is 97.6 cm³/mol. The summed E-state index contributed by atoms with van der Waals surface area (Å²) in [6.45, 7) is 1.91. The number of carbonyl (C=O) groups excluding carboxylic acids is 1. The van der Waals surface area contributed by atoms with Gasteiger partial charge in [0, 0.05) is 4.47 Å². The fraction of sp³-hybridized carbons (Fsp3) is 0.167. The summed E-state index contributed by atoms with van der Waals surface area (Å²) in [5.41, 5.74) is 1.92. The van der Waals surface area contributed by atoms with E-state index in [0.717, 1.165) is 15.7 Å². The van der Waals surface area contributed by atoms with Crippen LogP contribution in [0.5, 0.6) is 5.75 Å². The fourth-order valence-corrected chi connectivity index (χ4v) is 2.57. The smallest absolute Gasteiger partial charge is 0.258 e. The molecule has 3 aromatic rings. The van der Waals surface area contributed by atoms with Crippen LogP contribution >= 0.6 is 15.9 Å². The Morgan fingerprint density at radius 3 is 2.56 bits per heavy atom. The third kappa shape index (κ3) is 4.67. The molecule has 2 aromatic carbocycles. The minimum Gasteiger partial charge on any atom is -0.484 e. The highest BCUT2D eigenvalue weighted by Crippen LogP contribution is 2.17. The van der Waals surface area contributed by atoms with Crippen molar-refractivity contribution in [2.24, 2.45) is 0 Å². The van der Waals surface area contributed by atoms with E-state index in [2.05, 4.69) is 31.3 Å². The van der Waals surface area contributed by atoms with E-state index in [0.29, 0.717) is 5.75 Å². The van der Waals surface area contributed by atoms with Gasteiger partial charge in [0.25, 0.3) is 5.91 Å². The van der Waals surface area contributed by atoms with E-state index in [1.54, 1.807) is 11.0 Å². The van der Waals surface area contributed by atoms with Gasteiger partial charge in [-0.3, -0.25) is 4.79 Å². The minimum atomic E-state index is -0.171. The average Bonchev–Trinajstić information content (AvgIpc) is 3.16. The molecule has 0 aliphatic heterocycles. The highest BCUT2D eigenvalue weighted by atomic mass is 79.9. The van der Waals surface area contributed by atoms with Gasteiger partial charge in [0.2, 0.25) is 0 Å². The first-order valence-electron chi connectivity index (χ1n) is 7.74. The van der Waals surface area contributed by atoms with E-state index in [4.69, 9.17) is 4.74 Å². The molecule has 0 saturated heterocycles. The van der Waals surface area contributed by atoms with Gasteiger partial charge in [0.05, 0.1) is 11.7 Å². The third-order valence-electron chi connectivity index (χ3n) is 3.64. The van der Waals surface area contributed by atoms with E-state index in [1.807, 2.05) is 55.5 Å². The van der Waals surface area contributed by atoms with Crippen LogP contribution in [0.1, 0.15) is 18.5 Å². The molecule has 0 aliphatic carbocycles. The van der Waals surface area contributed by atoms with Crippen LogP contribution < -0.4 is 10.1 Å². The molecule has 0 unspecified atom stereocenters. The van der Waals surface area contributed by atoms with E-state index in [9.17, 15) is 4.79 Å². The second kappa shape index (κ2) is 7.94. The molecule has 1 N–H and O–H groups in total. The number of benzene rings is 2. The van der Waals surface area contributed by atoms with Crippen molar-refractivity contribution in [3.63, 3.8) is 0 Å². The van der Waals surface area contributed by atoms with Crippen molar-refractivity contribution >= 4 is 21.8 Å². The lowest BCUT2D eigenvalue weighted by Gasteiger charge is -2.15. The first-order valence-corrected chi connectivity index (χ1v) is 8.54. The lowest BCUT2D eigenvalue weighted by molar-refractivity contribution is -0.123. The van der Waals surface area contributed by atoms with Gasteiger partial charge in [0.1, 0.15) is 18.4 Å². The quantitative estimate of drug-likeness (QED) is 0.689. The summed E-state index contributed by atoms with van der Waals surface area (Å²) in [5, 5.41) is 7.01. The Kier molecular flexibility index (Phi) is 5.45. The highest BCUT2D eigenvalue weighted by Gasteiger charge is 2.10. The Hall–Kier alpha value is -2.67. The highest BCUT2D eigenvalue weighted by molar-refractivity contribution is 9.10. The fourth-order valence-electron chi connectivity index (χ4n) is 2.30. The number of nitrogens with one attached hydrogen (secondary N) is 1. The third-order valence-corrected chi connectivity index (χ3v) is 4.17. The van der Waals surface area contributed by atoms with Crippen LogP contribution in [0.2, 0.25) is 0 Å². The SMILES string of the molecule is C[C@@H](NC(=O)COc1ccc(Br)cc1)c1ccc(-n2cncn2)cc1. The van der Waals surface area contributed by atoms with Crippen LogP contribution in [-0.4, -0.2) is 27.3 Å². The van der Waals surface area contributed by atoms with Crippen LogP contribution in [0.3, 0.4) is 0 Å². The molecule has 0 aliphatic rings. The van der Waals surface area contributed by atoms with E-state index >= 15 is 0 Å². The summed E-state index contributed by atoms with van der Waals surface area (Å²) in [6, 6.07) is 15.0. The summed E-state index contributed by atoms with van der Waals surface area (Å²) in [4.78, 5) is 16.0. The lowest BCUT2D eigenvalue weighted by Crippen LogP contribution is -2.31. The molecule has 0 bridgehead atoms. The van der Waals surface area contributed by atoms with Gasteiger partial charge in [-0.1, -0.05) is 28.1 Å². The maximum Gasteiger partial charge on any atom is 0.258 e. The average molecular weight is 401 g/mol. The second-order valence-corrected chi connectivity index (χ2v) is 6.38. The maximum absolute atomic E-state index is 12.1. The monoisotopic (exact) mass is 400 g/mol. The topological polar surface area (TPSA) is 69.0 Å². The Morgan fingerprint density at radius 1 is 1.20 bits per heavy atom. The van der Waals surface area contributed by atoms with Crippen LogP contribution in [0.25, 0.3) is 5.69 Å². The van der Waals surface area contributed by atoms with Gasteiger partial charge in [-0.25, -0.2) is 9.67 Å². The van der Waals surface area contributed by atoms with E-state index in [1.165, 1.54) is 6.33 Å². The molecule has 7 heteroatoms. The number of aromatic nitrogens is 3. The molecule has 1 heterocycles. The van der Waals surface area contributed by atoms with Crippen LogP contribution in [0.15, 0.2) is 65.7 Å². The summed E-state index contributed by atoms with van der Waals surface area (Å²) in [6.07, 6.45) is 3.13. The number of rotatable bonds is 6. The number of carbonyl (C=O) groups is 1. The molecule has 0 saturated carbocycles. The standard InChI is InChI=1S/C18H17BrN4O2/c1-13(14-2-6-16(7-3-14)23-12-20-11-21-23)22-18(24)10-25-17-8-4-15(19)5-9-17/h2-9,11-13H,10H2,1H3,(H,22,24)/t13-/m1/s1. The predicted octanol–water partition coefficient (Wildman–Crippen LogP) is 3.29. The number of amides is 1. The lowest BCUT2D eigenvalue weighted by atomic mass is 10.1. The number of nitrogens with zero attached hydrogens (tertiary/aromatic N) is 3. The minimum absolute atomic E-state index is 0.0248. The molecule has 1 aromatic heterocycles. The Morgan fingerprint density at radius 2 is 1.92 bits per heavy atom. The van der Waals surface area contributed by atoms with Gasteiger partial charge in [-0.05, 0) is 48.9 Å². The Labute approximate surface area is 154 Å². The van der Waals surface area contributed by atoms with Crippen molar-refractivity contribution in [1.82, 2.24) is 20.1 Å². The van der Waals surface area contributed by atoms with Crippen LogP contribution in [0, 0.1) is 0 Å². The van der Waals surface area contributed by atoms with Crippen LogP contribution in [-0.2, 0) is 4.79 Å². The molecule has 1 atom stereocenters. The van der Waals surface area contributed by atoms with Gasteiger partial charge >= 0.3 is 0 Å². The van der Waals surface area contributed by atoms with Crippen molar-refractivity contribution < 1.29 is 9.53 Å². The summed E-state index contributed by atoms with van der Waals surface area (Å²) in [5.74, 6) is 0.485. The van der Waals surface area contributed by atoms with Crippen molar-refractivity contribution in [3.8, 4) is 11.4 Å². The van der Waals surface area contributed by atoms with Crippen molar-refractivity contribution in [2.45, 2.75) is 13.0 Å². The molecular weight excluding hydrogens is 384 g/mol. The maximum atomic E-state index is 12.1. The zero-order valence-corrected chi connectivity index (χ0v) is 15.2. The van der Waals surface area contributed by atoms with Gasteiger partial charge in [0.15, 0.2) is 6.61 Å². The van der Waals surface area contributed by atoms with Gasteiger partial charge in [-0.2, -0.15) is 5.10 Å². The molecule has 0 radical (unpaired) electrons. The summed E-state index contributed by atoms with van der Waals surface area (Å²) in [7, 11) is 0. The first kappa shape index (κ1) is 17.2. The first-order chi connectivity index (χ1) is 12.1. The number of hydrogen-bond acceptors (Lipinski definition) is 4. The van der Waals surface area contributed by atoms with Crippen molar-refractivity contribution in [2.75, 3.05) is 6.61 Å². The normalized spacial score (nSPS) is 11.8. The summed E-state index contributed by atoms with van der Waals surface area (Å²) >= 11 is 3.36. The molecule has 0 fully saturated rings. The molecule has 128 valence electrons. The van der Waals surface area contributed by atoms with Crippen LogP contribution in [0.4, 0.5) is 0 Å². The van der Waals surface area contributed by atoms with Crippen molar-refractivity contribution in [1.29, 1.82) is 0 Å². The molecule has 6 nitrogen and oxygen atoms in total. The number of ether oxygens (including phenoxy) is 1. The Bertz CT molecular complexity index is 817. The van der Waals surface area contributed by atoms with E-state index < -0.39 is 0 Å². The largest absolute Gasteiger partial charge is 0.484 e. The molecule has 0 spiro atoms. The molecule has 3 rings (SSSR count). The van der Waals surface area contributed by atoms with Crippen molar-refractivity contribution in [3.05, 3.63) is 71.2 Å². The number of hydrogen-bond donors (Lipinski definition) is 1. The number of halogens is 1. The summed E-state index contributed by atoms with van der Waals surface area (Å²) < 4.78 is 8.12. The second-order valence-electron chi connectivity index (χ2n) is 5.46. The zero-order chi connectivity index (χ0) is 17.6. The zero-order valence-electron chi connectivity index (χ0n) is 13.6. The van der Waals surface area contributed by atoms with Gasteiger partial charge < -0.3 is 10.1 Å². The van der Waals surface area contributed by atoms with E-state index in [-0.39, 0.29) is 18.6 Å². The molecule has 1 amide bonds.